The number of likely N-dealkylation sites (tertiary alicyclic amines) is 1. The van der Waals surface area contributed by atoms with Gasteiger partial charge in [0, 0.05) is 31.4 Å². The van der Waals surface area contributed by atoms with Crippen LogP contribution in [0.3, 0.4) is 0 Å². The number of hydrogen-bond donors (Lipinski definition) is 1. The van der Waals surface area contributed by atoms with E-state index in [1.54, 1.807) is 16.3 Å². The third-order valence-corrected chi connectivity index (χ3v) is 6.28. The van der Waals surface area contributed by atoms with Gasteiger partial charge < -0.3 is 10.2 Å². The minimum absolute atomic E-state index is 0.0510. The van der Waals surface area contributed by atoms with E-state index in [0.29, 0.717) is 41.9 Å². The van der Waals surface area contributed by atoms with E-state index in [1.165, 1.54) is 24.3 Å². The fourth-order valence-corrected chi connectivity index (χ4v) is 4.36. The average molecular weight is 435 g/mol. The zero-order chi connectivity index (χ0) is 21.7. The van der Waals surface area contributed by atoms with Crippen molar-refractivity contribution < 1.29 is 23.2 Å². The van der Waals surface area contributed by atoms with Gasteiger partial charge in [-0.3, -0.25) is 14.4 Å². The number of thiophene rings is 1. The fraction of sp³-hybridized carbons (Fsp3) is 0.409. The second-order valence-corrected chi connectivity index (χ2v) is 8.49. The van der Waals surface area contributed by atoms with E-state index in [4.69, 9.17) is 0 Å². The van der Waals surface area contributed by atoms with Crippen LogP contribution in [0.25, 0.3) is 0 Å². The SMILES string of the molecule is CC(=O)c1cc(C(=O)N2CCCC(CCC(=O)NCc3ccc(F)c(F)c3)C2)cs1. The van der Waals surface area contributed by atoms with Crippen LogP contribution in [-0.2, 0) is 11.3 Å². The summed E-state index contributed by atoms with van der Waals surface area (Å²) in [6.07, 6.45) is 2.78. The van der Waals surface area contributed by atoms with Crippen molar-refractivity contribution in [3.63, 3.8) is 0 Å². The highest BCUT2D eigenvalue weighted by molar-refractivity contribution is 7.12. The monoisotopic (exact) mass is 434 g/mol. The number of carbonyl (C=O) groups is 3. The first-order valence-corrected chi connectivity index (χ1v) is 10.8. The number of amides is 2. The highest BCUT2D eigenvalue weighted by atomic mass is 32.1. The Morgan fingerprint density at radius 2 is 2.00 bits per heavy atom. The smallest absolute Gasteiger partial charge is 0.254 e. The summed E-state index contributed by atoms with van der Waals surface area (Å²) in [4.78, 5) is 38.7. The maximum absolute atomic E-state index is 13.2. The zero-order valence-corrected chi connectivity index (χ0v) is 17.6. The van der Waals surface area contributed by atoms with Crippen molar-refractivity contribution in [3.05, 3.63) is 57.3 Å². The Kier molecular flexibility index (Phi) is 7.31. The van der Waals surface area contributed by atoms with Gasteiger partial charge in [-0.2, -0.15) is 0 Å². The van der Waals surface area contributed by atoms with Crippen LogP contribution in [0.4, 0.5) is 8.78 Å². The molecule has 8 heteroatoms. The summed E-state index contributed by atoms with van der Waals surface area (Å²) in [5.41, 5.74) is 1.03. The molecular weight excluding hydrogens is 410 g/mol. The molecule has 0 saturated carbocycles. The van der Waals surface area contributed by atoms with Crippen molar-refractivity contribution >= 4 is 28.9 Å². The number of benzene rings is 1. The topological polar surface area (TPSA) is 66.5 Å². The van der Waals surface area contributed by atoms with Crippen LogP contribution in [0.5, 0.6) is 0 Å². The van der Waals surface area contributed by atoms with E-state index in [2.05, 4.69) is 5.32 Å². The number of nitrogens with one attached hydrogen (secondary N) is 1. The molecule has 5 nitrogen and oxygen atoms in total. The van der Waals surface area contributed by atoms with Gasteiger partial charge in [0.2, 0.25) is 5.91 Å². The Bertz CT molecular complexity index is 944. The number of halogens is 2. The summed E-state index contributed by atoms with van der Waals surface area (Å²) >= 11 is 1.28. The molecule has 0 aliphatic carbocycles. The molecule has 0 radical (unpaired) electrons. The van der Waals surface area contributed by atoms with Crippen LogP contribution >= 0.6 is 11.3 Å². The third kappa shape index (κ3) is 5.72. The Labute approximate surface area is 178 Å². The van der Waals surface area contributed by atoms with E-state index in [9.17, 15) is 23.2 Å². The molecule has 1 aromatic carbocycles. The van der Waals surface area contributed by atoms with Crippen molar-refractivity contribution in [3.8, 4) is 0 Å². The quantitative estimate of drug-likeness (QED) is 0.665. The highest BCUT2D eigenvalue weighted by Crippen LogP contribution is 2.24. The number of nitrogens with zero attached hydrogens (tertiary/aromatic N) is 1. The van der Waals surface area contributed by atoms with Crippen LogP contribution in [0.2, 0.25) is 0 Å². The molecule has 1 saturated heterocycles. The minimum atomic E-state index is -0.935. The summed E-state index contributed by atoms with van der Waals surface area (Å²) in [6, 6.07) is 5.19. The van der Waals surface area contributed by atoms with Crippen molar-refractivity contribution in [2.24, 2.45) is 5.92 Å². The molecule has 2 heterocycles. The van der Waals surface area contributed by atoms with Gasteiger partial charge in [0.1, 0.15) is 0 Å². The first kappa shape index (κ1) is 22.1. The predicted octanol–water partition coefficient (Wildman–Crippen LogP) is 4.18. The number of piperidine rings is 1. The van der Waals surface area contributed by atoms with E-state index < -0.39 is 11.6 Å². The molecule has 0 bridgehead atoms. The van der Waals surface area contributed by atoms with Gasteiger partial charge in [0.05, 0.1) is 10.4 Å². The molecule has 1 unspecified atom stereocenters. The summed E-state index contributed by atoms with van der Waals surface area (Å²) in [6.45, 7) is 2.88. The van der Waals surface area contributed by atoms with Crippen LogP contribution in [0.1, 0.15) is 58.2 Å². The molecule has 1 aromatic heterocycles. The second-order valence-electron chi connectivity index (χ2n) is 7.58. The van der Waals surface area contributed by atoms with Gasteiger partial charge in [-0.05, 0) is 55.9 Å². The van der Waals surface area contributed by atoms with Gasteiger partial charge in [-0.1, -0.05) is 6.07 Å². The van der Waals surface area contributed by atoms with E-state index in [0.717, 1.165) is 25.0 Å². The standard InChI is InChI=1S/C22H24F2N2O3S/c1-14(27)20-10-17(13-30-20)22(29)26-8-2-3-15(12-26)5-7-21(28)25-11-16-4-6-18(23)19(24)9-16/h4,6,9-10,13,15H,2-3,5,7-8,11-12H2,1H3,(H,25,28). The number of hydrogen-bond acceptors (Lipinski definition) is 4. The molecular formula is C22H24F2N2O3S. The highest BCUT2D eigenvalue weighted by Gasteiger charge is 2.25. The molecule has 0 spiro atoms. The molecule has 1 aliphatic rings. The Balaban J connectivity index is 1.46. The van der Waals surface area contributed by atoms with Gasteiger partial charge in [0.25, 0.3) is 5.91 Å². The lowest BCUT2D eigenvalue weighted by Gasteiger charge is -2.32. The van der Waals surface area contributed by atoms with E-state index >= 15 is 0 Å². The molecule has 3 rings (SSSR count). The molecule has 30 heavy (non-hydrogen) atoms. The summed E-state index contributed by atoms with van der Waals surface area (Å²) in [7, 11) is 0. The Morgan fingerprint density at radius 3 is 2.70 bits per heavy atom. The molecule has 1 fully saturated rings. The molecule has 1 N–H and O–H groups in total. The number of Topliss-reactive ketones (excluding diaryl/α,β-unsaturated/α-hetero) is 1. The maximum atomic E-state index is 13.2. The minimum Gasteiger partial charge on any atom is -0.352 e. The number of ketones is 1. The lowest BCUT2D eigenvalue weighted by atomic mass is 9.93. The fourth-order valence-electron chi connectivity index (χ4n) is 3.57. The average Bonchev–Trinajstić information content (AvgIpc) is 3.23. The largest absolute Gasteiger partial charge is 0.352 e. The third-order valence-electron chi connectivity index (χ3n) is 5.25. The summed E-state index contributed by atoms with van der Waals surface area (Å²) in [5, 5.41) is 4.44. The lowest BCUT2D eigenvalue weighted by molar-refractivity contribution is -0.121. The van der Waals surface area contributed by atoms with Crippen LogP contribution in [0.15, 0.2) is 29.6 Å². The second kappa shape index (κ2) is 9.93. The maximum Gasteiger partial charge on any atom is 0.254 e. The van der Waals surface area contributed by atoms with Crippen molar-refractivity contribution in [2.75, 3.05) is 13.1 Å². The Morgan fingerprint density at radius 1 is 1.20 bits per heavy atom. The zero-order valence-electron chi connectivity index (χ0n) is 16.7. The van der Waals surface area contributed by atoms with Gasteiger partial charge in [-0.25, -0.2) is 8.78 Å². The summed E-state index contributed by atoms with van der Waals surface area (Å²) in [5.74, 6) is -1.91. The van der Waals surface area contributed by atoms with Crippen LogP contribution < -0.4 is 5.32 Å². The number of carbonyl (C=O) groups excluding carboxylic acids is 3. The molecule has 160 valence electrons. The van der Waals surface area contributed by atoms with Gasteiger partial charge >= 0.3 is 0 Å². The van der Waals surface area contributed by atoms with Gasteiger partial charge in [0.15, 0.2) is 17.4 Å². The van der Waals surface area contributed by atoms with E-state index in [-0.39, 0.29) is 30.1 Å². The lowest BCUT2D eigenvalue weighted by Crippen LogP contribution is -2.40. The molecule has 1 aliphatic heterocycles. The van der Waals surface area contributed by atoms with Crippen LogP contribution in [0, 0.1) is 17.6 Å². The normalized spacial score (nSPS) is 16.4. The predicted molar refractivity (Wildman–Crippen MR) is 110 cm³/mol. The van der Waals surface area contributed by atoms with Gasteiger partial charge in [-0.15, -0.1) is 11.3 Å². The molecule has 1 atom stereocenters. The number of rotatable bonds is 7. The van der Waals surface area contributed by atoms with Crippen molar-refractivity contribution in [1.82, 2.24) is 10.2 Å². The van der Waals surface area contributed by atoms with Crippen molar-refractivity contribution in [1.29, 1.82) is 0 Å². The molecule has 2 aromatic rings. The molecule has 2 amide bonds. The first-order chi connectivity index (χ1) is 14.3. The Hall–Kier alpha value is -2.61. The first-order valence-electron chi connectivity index (χ1n) is 9.93. The van der Waals surface area contributed by atoms with E-state index in [1.807, 2.05) is 0 Å². The van der Waals surface area contributed by atoms with Crippen LogP contribution in [-0.4, -0.2) is 35.6 Å². The summed E-state index contributed by atoms with van der Waals surface area (Å²) < 4.78 is 26.2. The van der Waals surface area contributed by atoms with Crippen molar-refractivity contribution in [2.45, 2.75) is 39.2 Å².